The molecule has 3 aliphatic rings. The average molecular weight is 237 g/mol. The van der Waals surface area contributed by atoms with E-state index in [1.54, 1.807) is 12.5 Å². The van der Waals surface area contributed by atoms with E-state index in [0.29, 0.717) is 0 Å². The van der Waals surface area contributed by atoms with E-state index in [4.69, 9.17) is 9.84 Å². The highest BCUT2D eigenvalue weighted by molar-refractivity contribution is 6.05. The predicted octanol–water partition coefficient (Wildman–Crippen LogP) is -0.567. The lowest BCUT2D eigenvalue weighted by atomic mass is 10.2. The molecule has 0 aliphatic carbocycles. The summed E-state index contributed by atoms with van der Waals surface area (Å²) in [5.74, 6) is 0.830. The van der Waals surface area contributed by atoms with Crippen molar-refractivity contribution in [1.82, 2.24) is 15.4 Å². The normalized spacial score (nSPS) is 31.2. The van der Waals surface area contributed by atoms with E-state index in [1.165, 1.54) is 0 Å². The SMILES string of the molecule is CN1C=NC=C2C1=NNN2[C@H]1CC[C@@H](CO)O1. The number of hydrazine groups is 1. The zero-order valence-electron chi connectivity index (χ0n) is 9.58. The van der Waals surface area contributed by atoms with Crippen molar-refractivity contribution in [2.24, 2.45) is 10.1 Å². The van der Waals surface area contributed by atoms with E-state index in [9.17, 15) is 0 Å². The number of rotatable bonds is 2. The number of likely N-dealkylation sites (N-methyl/N-ethyl adjacent to an activating group) is 1. The number of aliphatic hydroxyl groups excluding tert-OH is 1. The summed E-state index contributed by atoms with van der Waals surface area (Å²) in [6.45, 7) is 0.0646. The summed E-state index contributed by atoms with van der Waals surface area (Å²) in [6.07, 6.45) is 5.03. The third-order valence-corrected chi connectivity index (χ3v) is 3.10. The number of hydrogen-bond acceptors (Lipinski definition) is 7. The van der Waals surface area contributed by atoms with E-state index >= 15 is 0 Å². The monoisotopic (exact) mass is 237 g/mol. The maximum Gasteiger partial charge on any atom is 0.182 e. The Bertz CT molecular complexity index is 406. The van der Waals surface area contributed by atoms with E-state index < -0.39 is 0 Å². The molecule has 0 aromatic rings. The molecule has 2 N–H and O–H groups in total. The Morgan fingerprint density at radius 1 is 1.59 bits per heavy atom. The van der Waals surface area contributed by atoms with Gasteiger partial charge in [0.1, 0.15) is 5.70 Å². The van der Waals surface area contributed by atoms with Crippen LogP contribution in [-0.4, -0.2) is 53.2 Å². The fraction of sp³-hybridized carbons (Fsp3) is 0.600. The van der Waals surface area contributed by atoms with Crippen LogP contribution in [0.3, 0.4) is 0 Å². The van der Waals surface area contributed by atoms with Gasteiger partial charge < -0.3 is 14.7 Å². The van der Waals surface area contributed by atoms with Crippen LogP contribution in [0, 0.1) is 0 Å². The summed E-state index contributed by atoms with van der Waals surface area (Å²) >= 11 is 0. The van der Waals surface area contributed by atoms with Gasteiger partial charge >= 0.3 is 0 Å². The van der Waals surface area contributed by atoms with Crippen LogP contribution in [0.2, 0.25) is 0 Å². The molecule has 3 heterocycles. The van der Waals surface area contributed by atoms with Crippen LogP contribution < -0.4 is 5.53 Å². The second kappa shape index (κ2) is 4.01. The van der Waals surface area contributed by atoms with Crippen LogP contribution in [0.25, 0.3) is 0 Å². The standard InChI is InChI=1S/C10H15N5O2/c1-14-6-11-4-8-10(14)12-13-15(8)9-3-2-7(5-16)17-9/h4,6-7,9,13,16H,2-3,5H2,1H3/t7-,9+/m0/s1. The molecule has 0 spiro atoms. The first-order valence-corrected chi connectivity index (χ1v) is 5.65. The molecule has 0 amide bonds. The van der Waals surface area contributed by atoms with E-state index in [0.717, 1.165) is 24.4 Å². The third kappa shape index (κ3) is 1.67. The van der Waals surface area contributed by atoms with Crippen molar-refractivity contribution in [2.75, 3.05) is 13.7 Å². The highest BCUT2D eigenvalue weighted by Crippen LogP contribution is 2.27. The summed E-state index contributed by atoms with van der Waals surface area (Å²) in [6, 6.07) is 0. The molecular formula is C10H15N5O2. The first kappa shape index (κ1) is 10.5. The Morgan fingerprint density at radius 2 is 2.47 bits per heavy atom. The zero-order valence-corrected chi connectivity index (χ0v) is 9.58. The lowest BCUT2D eigenvalue weighted by Gasteiger charge is -2.27. The fourth-order valence-corrected chi connectivity index (χ4v) is 2.19. The summed E-state index contributed by atoms with van der Waals surface area (Å²) in [5, 5.41) is 15.2. The molecule has 0 bridgehead atoms. The van der Waals surface area contributed by atoms with Crippen molar-refractivity contribution in [3.63, 3.8) is 0 Å². The van der Waals surface area contributed by atoms with Crippen molar-refractivity contribution in [2.45, 2.75) is 25.2 Å². The molecule has 7 heteroatoms. The predicted molar refractivity (Wildman–Crippen MR) is 61.7 cm³/mol. The van der Waals surface area contributed by atoms with Crippen LogP contribution in [-0.2, 0) is 4.74 Å². The largest absolute Gasteiger partial charge is 0.394 e. The Kier molecular flexibility index (Phi) is 2.49. The first-order valence-electron chi connectivity index (χ1n) is 5.65. The summed E-state index contributed by atoms with van der Waals surface area (Å²) < 4.78 is 5.71. The minimum absolute atomic E-state index is 0.0646. The number of aliphatic hydroxyl groups is 1. The minimum Gasteiger partial charge on any atom is -0.394 e. The molecule has 1 saturated heterocycles. The molecule has 0 aromatic carbocycles. The lowest BCUT2D eigenvalue weighted by Crippen LogP contribution is -2.41. The molecule has 92 valence electrons. The molecule has 3 rings (SSSR count). The van der Waals surface area contributed by atoms with Gasteiger partial charge in [-0.3, -0.25) is 0 Å². The Balaban J connectivity index is 1.75. The van der Waals surface area contributed by atoms with Crippen LogP contribution in [0.4, 0.5) is 0 Å². The van der Waals surface area contributed by atoms with Crippen molar-refractivity contribution in [1.29, 1.82) is 0 Å². The van der Waals surface area contributed by atoms with Gasteiger partial charge in [-0.1, -0.05) is 0 Å². The van der Waals surface area contributed by atoms with Crippen LogP contribution in [0.1, 0.15) is 12.8 Å². The molecular weight excluding hydrogens is 222 g/mol. The highest BCUT2D eigenvalue weighted by Gasteiger charge is 2.36. The van der Waals surface area contributed by atoms with Crippen LogP contribution in [0.15, 0.2) is 22.0 Å². The van der Waals surface area contributed by atoms with Crippen molar-refractivity contribution in [3.05, 3.63) is 11.9 Å². The van der Waals surface area contributed by atoms with Gasteiger partial charge in [0.05, 0.1) is 25.2 Å². The smallest absolute Gasteiger partial charge is 0.182 e. The molecule has 0 unspecified atom stereocenters. The topological polar surface area (TPSA) is 72.7 Å². The number of fused-ring (bicyclic) bond motifs is 1. The molecule has 0 radical (unpaired) electrons. The van der Waals surface area contributed by atoms with E-state index in [2.05, 4.69) is 15.6 Å². The second-order valence-electron chi connectivity index (χ2n) is 4.27. The maximum absolute atomic E-state index is 9.06. The Hall–Kier alpha value is -1.60. The number of nitrogens with zero attached hydrogens (tertiary/aromatic N) is 4. The zero-order chi connectivity index (χ0) is 11.8. The first-order chi connectivity index (χ1) is 8.29. The minimum atomic E-state index is -0.0960. The number of aliphatic imine (C=N–C) groups is 1. The Labute approximate surface area is 99.0 Å². The fourth-order valence-electron chi connectivity index (χ4n) is 2.19. The number of hydrogen-bond donors (Lipinski definition) is 2. The van der Waals surface area contributed by atoms with Crippen molar-refractivity contribution < 1.29 is 9.84 Å². The van der Waals surface area contributed by atoms with Crippen LogP contribution in [0.5, 0.6) is 0 Å². The van der Waals surface area contributed by atoms with Gasteiger partial charge in [0.2, 0.25) is 0 Å². The van der Waals surface area contributed by atoms with E-state index in [-0.39, 0.29) is 18.9 Å². The molecule has 17 heavy (non-hydrogen) atoms. The third-order valence-electron chi connectivity index (χ3n) is 3.10. The van der Waals surface area contributed by atoms with Crippen LogP contribution >= 0.6 is 0 Å². The van der Waals surface area contributed by atoms with Gasteiger partial charge in [0.15, 0.2) is 12.1 Å². The molecule has 0 aromatic heterocycles. The molecule has 7 nitrogen and oxygen atoms in total. The number of ether oxygens (including phenoxy) is 1. The number of amidine groups is 1. The molecule has 2 atom stereocenters. The highest BCUT2D eigenvalue weighted by atomic mass is 16.5. The maximum atomic E-state index is 9.06. The molecule has 3 aliphatic heterocycles. The van der Waals surface area contributed by atoms with Crippen molar-refractivity contribution in [3.8, 4) is 0 Å². The van der Waals surface area contributed by atoms with Gasteiger partial charge in [-0.25, -0.2) is 15.5 Å². The van der Waals surface area contributed by atoms with Gasteiger partial charge in [-0.2, -0.15) is 0 Å². The van der Waals surface area contributed by atoms with E-state index in [1.807, 2.05) is 17.0 Å². The summed E-state index contributed by atoms with van der Waals surface area (Å²) in [5.41, 5.74) is 3.84. The summed E-state index contributed by atoms with van der Waals surface area (Å²) in [4.78, 5) is 5.98. The molecule has 1 fully saturated rings. The van der Waals surface area contributed by atoms with Gasteiger partial charge in [0, 0.05) is 7.05 Å². The van der Waals surface area contributed by atoms with Gasteiger partial charge in [-0.15, -0.1) is 5.10 Å². The second-order valence-corrected chi connectivity index (χ2v) is 4.27. The molecule has 0 saturated carbocycles. The number of hydrazone groups is 1. The summed E-state index contributed by atoms with van der Waals surface area (Å²) in [7, 11) is 1.90. The van der Waals surface area contributed by atoms with Gasteiger partial charge in [0.25, 0.3) is 0 Å². The number of nitrogens with one attached hydrogen (secondary N) is 1. The Morgan fingerprint density at radius 3 is 3.24 bits per heavy atom. The lowest BCUT2D eigenvalue weighted by molar-refractivity contribution is -0.0672. The average Bonchev–Trinajstić information content (AvgIpc) is 2.94. The quantitative estimate of drug-likeness (QED) is 0.673. The van der Waals surface area contributed by atoms with Gasteiger partial charge in [-0.05, 0) is 12.8 Å². The van der Waals surface area contributed by atoms with Crippen molar-refractivity contribution >= 4 is 12.2 Å².